The maximum absolute atomic E-state index is 12.8. The lowest BCUT2D eigenvalue weighted by Gasteiger charge is -2.27. The Morgan fingerprint density at radius 2 is 2.14 bits per heavy atom. The van der Waals surface area contributed by atoms with Crippen molar-refractivity contribution in [2.24, 2.45) is 13.0 Å². The van der Waals surface area contributed by atoms with Crippen molar-refractivity contribution < 1.29 is 9.53 Å². The van der Waals surface area contributed by atoms with Crippen LogP contribution in [0.4, 0.5) is 0 Å². The first-order valence-corrected chi connectivity index (χ1v) is 10.5. The Morgan fingerprint density at radius 3 is 2.79 bits per heavy atom. The molecule has 0 saturated carbocycles. The number of amides is 1. The number of carbonyl (C=O) groups excluding carboxylic acids is 1. The van der Waals surface area contributed by atoms with Crippen LogP contribution in [0.1, 0.15) is 53.3 Å². The third kappa shape index (κ3) is 5.25. The fourth-order valence-electron chi connectivity index (χ4n) is 3.82. The highest BCUT2D eigenvalue weighted by Crippen LogP contribution is 2.25. The van der Waals surface area contributed by atoms with E-state index in [0.717, 1.165) is 50.3 Å². The zero-order chi connectivity index (χ0) is 21.0. The fourth-order valence-corrected chi connectivity index (χ4v) is 3.82. The van der Waals surface area contributed by atoms with Crippen LogP contribution in [-0.2, 0) is 37.8 Å². The highest BCUT2D eigenvalue weighted by atomic mass is 16.5. The highest BCUT2D eigenvalue weighted by molar-refractivity contribution is 5.94. The van der Waals surface area contributed by atoms with Gasteiger partial charge >= 0.3 is 0 Å². The maximum atomic E-state index is 12.8. The van der Waals surface area contributed by atoms with Crippen LogP contribution in [0.3, 0.4) is 0 Å². The number of carbonyl (C=O) groups is 1. The summed E-state index contributed by atoms with van der Waals surface area (Å²) in [4.78, 5) is 15.2. The van der Waals surface area contributed by atoms with Gasteiger partial charge < -0.3 is 10.1 Å². The number of fused-ring (bicyclic) bond motifs is 1. The predicted molar refractivity (Wildman–Crippen MR) is 112 cm³/mol. The molecule has 1 aliphatic heterocycles. The van der Waals surface area contributed by atoms with Gasteiger partial charge in [-0.15, -0.1) is 0 Å². The van der Waals surface area contributed by atoms with E-state index >= 15 is 0 Å². The third-order valence-corrected chi connectivity index (χ3v) is 5.45. The van der Waals surface area contributed by atoms with Gasteiger partial charge in [0.1, 0.15) is 0 Å². The van der Waals surface area contributed by atoms with E-state index in [1.807, 2.05) is 18.7 Å². The Kier molecular flexibility index (Phi) is 7.08. The first kappa shape index (κ1) is 21.5. The second-order valence-corrected chi connectivity index (χ2v) is 8.30. The molecule has 160 valence electrons. The summed E-state index contributed by atoms with van der Waals surface area (Å²) in [6.07, 6.45) is 4.04. The number of aryl methyl sites for hydroxylation is 3. The zero-order valence-corrected chi connectivity index (χ0v) is 18.4. The number of aromatic nitrogens is 4. The Balaban J connectivity index is 1.80. The number of nitrogens with one attached hydrogen (secondary N) is 1. The van der Waals surface area contributed by atoms with Gasteiger partial charge in [0.2, 0.25) is 0 Å². The molecule has 0 spiro atoms. The molecule has 29 heavy (non-hydrogen) atoms. The molecule has 0 unspecified atom stereocenters. The Bertz CT molecular complexity index is 839. The zero-order valence-electron chi connectivity index (χ0n) is 18.4. The molecular weight excluding hydrogens is 368 g/mol. The van der Waals surface area contributed by atoms with Crippen LogP contribution < -0.4 is 5.32 Å². The summed E-state index contributed by atoms with van der Waals surface area (Å²) >= 11 is 0. The molecule has 8 heteroatoms. The molecule has 1 N–H and O–H groups in total. The van der Waals surface area contributed by atoms with Crippen LogP contribution in [0.5, 0.6) is 0 Å². The smallest absolute Gasteiger partial charge is 0.272 e. The van der Waals surface area contributed by atoms with Gasteiger partial charge in [-0.2, -0.15) is 10.2 Å². The highest BCUT2D eigenvalue weighted by Gasteiger charge is 2.28. The second-order valence-electron chi connectivity index (χ2n) is 8.30. The van der Waals surface area contributed by atoms with E-state index in [4.69, 9.17) is 9.84 Å². The maximum Gasteiger partial charge on any atom is 0.272 e. The van der Waals surface area contributed by atoms with Crippen molar-refractivity contribution in [1.29, 1.82) is 0 Å². The summed E-state index contributed by atoms with van der Waals surface area (Å²) in [7, 11) is 3.58. The minimum Gasteiger partial charge on any atom is -0.383 e. The Morgan fingerprint density at radius 1 is 1.34 bits per heavy atom. The van der Waals surface area contributed by atoms with E-state index < -0.39 is 0 Å². The minimum atomic E-state index is -0.110. The summed E-state index contributed by atoms with van der Waals surface area (Å²) in [5.74, 6) is 0.489. The van der Waals surface area contributed by atoms with Crippen molar-refractivity contribution in [3.63, 3.8) is 0 Å². The van der Waals surface area contributed by atoms with Gasteiger partial charge in [0, 0.05) is 76.3 Å². The summed E-state index contributed by atoms with van der Waals surface area (Å²) < 4.78 is 8.97. The third-order valence-electron chi connectivity index (χ3n) is 5.45. The minimum absolute atomic E-state index is 0.110. The molecule has 0 bridgehead atoms. The Hall–Kier alpha value is -2.19. The molecule has 8 nitrogen and oxygen atoms in total. The molecule has 1 amide bonds. The van der Waals surface area contributed by atoms with Gasteiger partial charge in [0.25, 0.3) is 5.91 Å². The molecule has 0 aliphatic carbocycles. The van der Waals surface area contributed by atoms with Gasteiger partial charge in [0.15, 0.2) is 5.69 Å². The lowest BCUT2D eigenvalue weighted by Crippen LogP contribution is -2.33. The summed E-state index contributed by atoms with van der Waals surface area (Å²) in [5.41, 5.74) is 5.13. The number of ether oxygens (including phenoxy) is 1. The quantitative estimate of drug-likeness (QED) is 0.649. The second kappa shape index (κ2) is 9.54. The van der Waals surface area contributed by atoms with Crippen molar-refractivity contribution >= 4 is 5.91 Å². The van der Waals surface area contributed by atoms with E-state index in [-0.39, 0.29) is 5.91 Å². The molecule has 2 aromatic heterocycles. The lowest BCUT2D eigenvalue weighted by atomic mass is 10.0. The number of hydrogen-bond donors (Lipinski definition) is 1. The normalized spacial score (nSPS) is 14.4. The monoisotopic (exact) mass is 402 g/mol. The van der Waals surface area contributed by atoms with Crippen LogP contribution in [0.2, 0.25) is 0 Å². The number of rotatable bonds is 9. The molecule has 2 aromatic rings. The van der Waals surface area contributed by atoms with Crippen LogP contribution in [0.15, 0.2) is 6.20 Å². The van der Waals surface area contributed by atoms with E-state index in [1.165, 1.54) is 11.3 Å². The van der Waals surface area contributed by atoms with Crippen LogP contribution in [0.25, 0.3) is 0 Å². The van der Waals surface area contributed by atoms with Crippen molar-refractivity contribution in [3.05, 3.63) is 34.4 Å². The lowest BCUT2D eigenvalue weighted by molar-refractivity contribution is 0.0929. The molecule has 0 saturated heterocycles. The molecule has 3 rings (SSSR count). The molecule has 0 aromatic carbocycles. The molecule has 1 aliphatic rings. The SMILES string of the molecule is COCCNC(=O)c1nn(CCC(C)C)c2c1CN(Cc1cn(C)nc1C)CC2. The summed E-state index contributed by atoms with van der Waals surface area (Å²) in [6, 6.07) is 0. The van der Waals surface area contributed by atoms with Crippen molar-refractivity contribution in [3.8, 4) is 0 Å². The number of methoxy groups -OCH3 is 1. The molecule has 0 atom stereocenters. The summed E-state index contributed by atoms with van der Waals surface area (Å²) in [6.45, 7) is 10.8. The standard InChI is InChI=1S/C21H34N6O2/c1-15(2)6-10-27-19-7-9-26(13-17-12-25(4)23-16(17)3)14-18(19)20(24-27)21(28)22-8-11-29-5/h12,15H,6-11,13-14H2,1-5H3,(H,22,28). The molecule has 3 heterocycles. The average molecular weight is 403 g/mol. The van der Waals surface area contributed by atoms with Crippen LogP contribution in [0, 0.1) is 12.8 Å². The largest absolute Gasteiger partial charge is 0.383 e. The average Bonchev–Trinajstić information content (AvgIpc) is 3.19. The molecule has 0 fully saturated rings. The first-order valence-electron chi connectivity index (χ1n) is 10.5. The van der Waals surface area contributed by atoms with E-state index in [1.54, 1.807) is 7.11 Å². The fraction of sp³-hybridized carbons (Fsp3) is 0.667. The van der Waals surface area contributed by atoms with Gasteiger partial charge in [-0.25, -0.2) is 0 Å². The van der Waals surface area contributed by atoms with Crippen LogP contribution in [-0.4, -0.2) is 57.2 Å². The van der Waals surface area contributed by atoms with Crippen molar-refractivity contribution in [2.45, 2.75) is 53.2 Å². The summed E-state index contributed by atoms with van der Waals surface area (Å²) in [5, 5.41) is 12.1. The van der Waals surface area contributed by atoms with Crippen LogP contribution >= 0.6 is 0 Å². The Labute approximate surface area is 173 Å². The topological polar surface area (TPSA) is 77.2 Å². The van der Waals surface area contributed by atoms with E-state index in [0.29, 0.717) is 24.8 Å². The van der Waals surface area contributed by atoms with Gasteiger partial charge in [-0.05, 0) is 19.3 Å². The molecule has 0 radical (unpaired) electrons. The number of nitrogens with zero attached hydrogens (tertiary/aromatic N) is 5. The molecular formula is C21H34N6O2. The first-order chi connectivity index (χ1) is 13.9. The van der Waals surface area contributed by atoms with E-state index in [9.17, 15) is 4.79 Å². The van der Waals surface area contributed by atoms with Gasteiger partial charge in [0.05, 0.1) is 12.3 Å². The van der Waals surface area contributed by atoms with Gasteiger partial charge in [-0.1, -0.05) is 13.8 Å². The number of hydrogen-bond acceptors (Lipinski definition) is 5. The predicted octanol–water partition coefficient (Wildman–Crippen LogP) is 1.91. The van der Waals surface area contributed by atoms with E-state index in [2.05, 4.69) is 40.0 Å². The van der Waals surface area contributed by atoms with Crippen molar-refractivity contribution in [2.75, 3.05) is 26.8 Å². The van der Waals surface area contributed by atoms with Gasteiger partial charge in [-0.3, -0.25) is 19.1 Å². The van der Waals surface area contributed by atoms with Crippen molar-refractivity contribution in [1.82, 2.24) is 29.8 Å².